The van der Waals surface area contributed by atoms with E-state index < -0.39 is 17.9 Å². The second kappa shape index (κ2) is 11.8. The Labute approximate surface area is 184 Å². The standard InChI is InChI=1S/C24H34N2O5/c27-17-26(30)16-20(14-18-10-4-5-11-18)23(28)25-22(15-19-8-2-1-3-9-19)24(29)31-21-12-6-7-13-21/h1-3,8-9,17-18,20-22,30H,4-7,10-16H2,(H,25,28)/t20-,22+/m1/s1. The molecule has 1 aromatic rings. The molecule has 3 rings (SSSR count). The van der Waals surface area contributed by atoms with Crippen LogP contribution in [0.25, 0.3) is 0 Å². The first-order valence-electron chi connectivity index (χ1n) is 11.5. The van der Waals surface area contributed by atoms with E-state index in [-0.39, 0.29) is 18.6 Å². The van der Waals surface area contributed by atoms with Crippen LogP contribution in [-0.4, -0.2) is 47.2 Å². The Morgan fingerprint density at radius 2 is 1.74 bits per heavy atom. The highest BCUT2D eigenvalue weighted by Gasteiger charge is 2.32. The number of nitrogens with one attached hydrogen (secondary N) is 1. The van der Waals surface area contributed by atoms with E-state index in [1.54, 1.807) is 0 Å². The van der Waals surface area contributed by atoms with Crippen molar-refractivity contribution in [3.63, 3.8) is 0 Å². The lowest BCUT2D eigenvalue weighted by Gasteiger charge is -2.26. The molecule has 31 heavy (non-hydrogen) atoms. The maximum absolute atomic E-state index is 13.2. The molecule has 0 aromatic heterocycles. The Morgan fingerprint density at radius 1 is 1.10 bits per heavy atom. The first-order valence-corrected chi connectivity index (χ1v) is 11.5. The minimum Gasteiger partial charge on any atom is -0.461 e. The van der Waals surface area contributed by atoms with Crippen LogP contribution < -0.4 is 5.32 Å². The molecule has 0 heterocycles. The van der Waals surface area contributed by atoms with Gasteiger partial charge in [-0.25, -0.2) is 9.86 Å². The summed E-state index contributed by atoms with van der Waals surface area (Å²) in [6.45, 7) is -0.0818. The summed E-state index contributed by atoms with van der Waals surface area (Å²) < 4.78 is 5.69. The van der Waals surface area contributed by atoms with Crippen molar-refractivity contribution in [1.82, 2.24) is 10.4 Å². The van der Waals surface area contributed by atoms with Gasteiger partial charge in [0.1, 0.15) is 12.1 Å². The average Bonchev–Trinajstić information content (AvgIpc) is 3.47. The summed E-state index contributed by atoms with van der Waals surface area (Å²) in [6, 6.07) is 8.73. The van der Waals surface area contributed by atoms with E-state index in [0.717, 1.165) is 56.9 Å². The highest BCUT2D eigenvalue weighted by Crippen LogP contribution is 2.31. The number of carbonyl (C=O) groups excluding carboxylic acids is 3. The number of benzene rings is 1. The largest absolute Gasteiger partial charge is 0.461 e. The number of carbonyl (C=O) groups is 3. The molecular formula is C24H34N2O5. The van der Waals surface area contributed by atoms with Gasteiger partial charge in [-0.1, -0.05) is 56.0 Å². The Balaban J connectivity index is 1.69. The molecule has 0 saturated heterocycles. The first-order chi connectivity index (χ1) is 15.0. The van der Waals surface area contributed by atoms with Gasteiger partial charge in [0, 0.05) is 6.42 Å². The summed E-state index contributed by atoms with van der Waals surface area (Å²) in [5, 5.41) is 13.1. The van der Waals surface area contributed by atoms with E-state index in [9.17, 15) is 19.6 Å². The SMILES string of the molecule is O=CN(O)C[C@@H](CC1CCCC1)C(=O)N[C@@H](Cc1ccccc1)C(=O)OC1CCCC1. The molecule has 1 aromatic carbocycles. The van der Waals surface area contributed by atoms with Crippen LogP contribution >= 0.6 is 0 Å². The van der Waals surface area contributed by atoms with Crippen LogP contribution in [0.3, 0.4) is 0 Å². The molecule has 2 atom stereocenters. The fraction of sp³-hybridized carbons (Fsp3) is 0.625. The lowest BCUT2D eigenvalue weighted by atomic mass is 9.92. The number of ether oxygens (including phenoxy) is 1. The zero-order valence-electron chi connectivity index (χ0n) is 18.1. The average molecular weight is 431 g/mol. The fourth-order valence-corrected chi connectivity index (χ4v) is 4.77. The van der Waals surface area contributed by atoms with Crippen molar-refractivity contribution in [2.45, 2.75) is 76.4 Å². The molecule has 7 heteroatoms. The van der Waals surface area contributed by atoms with Crippen LogP contribution in [0.5, 0.6) is 0 Å². The van der Waals surface area contributed by atoms with Crippen LogP contribution in [0.1, 0.15) is 63.4 Å². The molecule has 7 nitrogen and oxygen atoms in total. The molecule has 2 saturated carbocycles. The molecule has 0 radical (unpaired) electrons. The van der Waals surface area contributed by atoms with Gasteiger partial charge in [-0.05, 0) is 43.6 Å². The van der Waals surface area contributed by atoms with Crippen molar-refractivity contribution in [1.29, 1.82) is 0 Å². The Kier molecular flexibility index (Phi) is 8.88. The first kappa shape index (κ1) is 23.3. The number of hydroxylamine groups is 2. The maximum Gasteiger partial charge on any atom is 0.329 e. The number of esters is 1. The number of nitrogens with zero attached hydrogens (tertiary/aromatic N) is 1. The summed E-state index contributed by atoms with van der Waals surface area (Å²) >= 11 is 0. The molecule has 2 amide bonds. The Bertz CT molecular complexity index is 714. The van der Waals surface area contributed by atoms with Gasteiger partial charge in [0.2, 0.25) is 12.3 Å². The zero-order chi connectivity index (χ0) is 22.1. The second-order valence-corrected chi connectivity index (χ2v) is 8.90. The van der Waals surface area contributed by atoms with Crippen molar-refractivity contribution in [3.8, 4) is 0 Å². The second-order valence-electron chi connectivity index (χ2n) is 8.90. The third kappa shape index (κ3) is 7.35. The Morgan fingerprint density at radius 3 is 2.39 bits per heavy atom. The smallest absolute Gasteiger partial charge is 0.329 e. The van der Waals surface area contributed by atoms with Crippen molar-refractivity contribution < 1.29 is 24.3 Å². The highest BCUT2D eigenvalue weighted by molar-refractivity contribution is 5.86. The van der Waals surface area contributed by atoms with Crippen LogP contribution in [0.4, 0.5) is 0 Å². The summed E-state index contributed by atoms with van der Waals surface area (Å²) in [5.74, 6) is -0.915. The number of hydrogen-bond donors (Lipinski definition) is 2. The summed E-state index contributed by atoms with van der Waals surface area (Å²) in [7, 11) is 0. The topological polar surface area (TPSA) is 95.9 Å². The van der Waals surface area contributed by atoms with E-state index in [0.29, 0.717) is 30.2 Å². The molecule has 2 fully saturated rings. The summed E-state index contributed by atoms with van der Waals surface area (Å²) in [6.07, 6.45) is 9.36. The zero-order valence-corrected chi connectivity index (χ0v) is 18.1. The van der Waals surface area contributed by atoms with E-state index >= 15 is 0 Å². The molecule has 2 aliphatic carbocycles. The van der Waals surface area contributed by atoms with E-state index in [1.165, 1.54) is 0 Å². The quantitative estimate of drug-likeness (QED) is 0.243. The van der Waals surface area contributed by atoms with Gasteiger partial charge in [-0.3, -0.25) is 14.8 Å². The van der Waals surface area contributed by atoms with E-state index in [2.05, 4.69) is 5.32 Å². The van der Waals surface area contributed by atoms with Gasteiger partial charge in [0.05, 0.1) is 12.5 Å². The minimum absolute atomic E-state index is 0.0818. The normalized spacial score (nSPS) is 19.0. The van der Waals surface area contributed by atoms with Crippen LogP contribution in [0.15, 0.2) is 30.3 Å². The van der Waals surface area contributed by atoms with E-state index in [4.69, 9.17) is 4.74 Å². The predicted octanol–water partition coefficient (Wildman–Crippen LogP) is 3.24. The lowest BCUT2D eigenvalue weighted by molar-refractivity contribution is -0.157. The molecule has 170 valence electrons. The summed E-state index contributed by atoms with van der Waals surface area (Å²) in [4.78, 5) is 37.0. The number of hydrogen-bond acceptors (Lipinski definition) is 5. The molecule has 0 unspecified atom stereocenters. The molecule has 2 aliphatic rings. The molecular weight excluding hydrogens is 396 g/mol. The van der Waals surface area contributed by atoms with Crippen LogP contribution in [-0.2, 0) is 25.5 Å². The molecule has 0 bridgehead atoms. The third-order valence-electron chi connectivity index (χ3n) is 6.46. The van der Waals surface area contributed by atoms with Gasteiger partial charge >= 0.3 is 5.97 Å². The molecule has 0 spiro atoms. The minimum atomic E-state index is -0.801. The monoisotopic (exact) mass is 430 g/mol. The predicted molar refractivity (Wildman–Crippen MR) is 115 cm³/mol. The van der Waals surface area contributed by atoms with Gasteiger partial charge in [0.15, 0.2) is 0 Å². The maximum atomic E-state index is 13.2. The van der Waals surface area contributed by atoms with Gasteiger partial charge in [-0.2, -0.15) is 0 Å². The lowest BCUT2D eigenvalue weighted by Crippen LogP contribution is -2.48. The van der Waals surface area contributed by atoms with Gasteiger partial charge < -0.3 is 10.1 Å². The third-order valence-corrected chi connectivity index (χ3v) is 6.46. The van der Waals surface area contributed by atoms with Gasteiger partial charge in [0.25, 0.3) is 0 Å². The fourth-order valence-electron chi connectivity index (χ4n) is 4.77. The summed E-state index contributed by atoms with van der Waals surface area (Å²) in [5.41, 5.74) is 0.931. The van der Waals surface area contributed by atoms with E-state index in [1.807, 2.05) is 30.3 Å². The van der Waals surface area contributed by atoms with Crippen molar-refractivity contribution in [3.05, 3.63) is 35.9 Å². The van der Waals surface area contributed by atoms with Crippen molar-refractivity contribution in [2.75, 3.05) is 6.54 Å². The molecule has 2 N–H and O–H groups in total. The van der Waals surface area contributed by atoms with Gasteiger partial charge in [-0.15, -0.1) is 0 Å². The molecule has 0 aliphatic heterocycles. The number of rotatable bonds is 11. The van der Waals surface area contributed by atoms with Crippen LogP contribution in [0.2, 0.25) is 0 Å². The van der Waals surface area contributed by atoms with Crippen molar-refractivity contribution in [2.24, 2.45) is 11.8 Å². The Hall–Kier alpha value is -2.41. The number of amides is 2. The highest BCUT2D eigenvalue weighted by atomic mass is 16.5. The van der Waals surface area contributed by atoms with Crippen LogP contribution in [0, 0.1) is 11.8 Å². The van der Waals surface area contributed by atoms with Crippen molar-refractivity contribution >= 4 is 18.3 Å².